The Kier molecular flexibility index (Phi) is 4.15. The van der Waals surface area contributed by atoms with Crippen LogP contribution in [0.25, 0.3) is 0 Å². The van der Waals surface area contributed by atoms with Gasteiger partial charge >= 0.3 is 5.97 Å². The number of benzene rings is 1. The van der Waals surface area contributed by atoms with E-state index in [1.165, 1.54) is 11.4 Å². The highest BCUT2D eigenvalue weighted by Gasteiger charge is 2.43. The average molecular weight is 297 g/mol. The third kappa shape index (κ3) is 2.71. The zero-order chi connectivity index (χ0) is 14.9. The van der Waals surface area contributed by atoms with Crippen LogP contribution >= 0.6 is 0 Å². The minimum atomic E-state index is -3.66. The van der Waals surface area contributed by atoms with Gasteiger partial charge in [-0.1, -0.05) is 24.6 Å². The fourth-order valence-electron chi connectivity index (χ4n) is 2.47. The van der Waals surface area contributed by atoms with Crippen molar-refractivity contribution < 1.29 is 17.9 Å². The highest BCUT2D eigenvalue weighted by Crippen LogP contribution is 2.30. The number of carbonyl (C=O) groups is 1. The van der Waals surface area contributed by atoms with Gasteiger partial charge in [-0.25, -0.2) is 8.42 Å². The van der Waals surface area contributed by atoms with Crippen molar-refractivity contribution in [3.63, 3.8) is 0 Å². The van der Waals surface area contributed by atoms with E-state index in [-0.39, 0.29) is 10.8 Å². The molecule has 0 bridgehead atoms. The summed E-state index contributed by atoms with van der Waals surface area (Å²) in [6.07, 6.45) is 0.498. The van der Waals surface area contributed by atoms with Crippen LogP contribution in [0.2, 0.25) is 0 Å². The lowest BCUT2D eigenvalue weighted by molar-refractivity contribution is -0.144. The first-order valence-electron chi connectivity index (χ1n) is 6.52. The van der Waals surface area contributed by atoms with Gasteiger partial charge in [-0.05, 0) is 31.4 Å². The van der Waals surface area contributed by atoms with Crippen molar-refractivity contribution >= 4 is 16.0 Å². The van der Waals surface area contributed by atoms with Crippen LogP contribution in [0.15, 0.2) is 29.2 Å². The van der Waals surface area contributed by atoms with Crippen LogP contribution in [-0.2, 0) is 19.6 Å². The van der Waals surface area contributed by atoms with Gasteiger partial charge in [0, 0.05) is 6.54 Å². The van der Waals surface area contributed by atoms with Crippen molar-refractivity contribution in [2.24, 2.45) is 5.92 Å². The highest BCUT2D eigenvalue weighted by atomic mass is 32.2. The van der Waals surface area contributed by atoms with E-state index in [0.29, 0.717) is 13.0 Å². The topological polar surface area (TPSA) is 63.7 Å². The summed E-state index contributed by atoms with van der Waals surface area (Å²) in [5.41, 5.74) is 0.989. The quantitative estimate of drug-likeness (QED) is 0.794. The Morgan fingerprint density at radius 1 is 1.30 bits per heavy atom. The fraction of sp³-hybridized carbons (Fsp3) is 0.500. The smallest absolute Gasteiger partial charge is 0.324 e. The van der Waals surface area contributed by atoms with E-state index in [0.717, 1.165) is 5.56 Å². The zero-order valence-corrected chi connectivity index (χ0v) is 12.7. The lowest BCUT2D eigenvalue weighted by Gasteiger charge is -2.22. The van der Waals surface area contributed by atoms with E-state index in [1.54, 1.807) is 24.3 Å². The summed E-state index contributed by atoms with van der Waals surface area (Å²) in [5, 5.41) is 0. The SMILES string of the molecule is COC(=O)[C@@H]1CC(C)CN1S(=O)(=O)c1ccc(C)cc1. The van der Waals surface area contributed by atoms with E-state index in [9.17, 15) is 13.2 Å². The molecule has 2 rings (SSSR count). The first kappa shape index (κ1) is 15.0. The van der Waals surface area contributed by atoms with Gasteiger partial charge in [-0.3, -0.25) is 4.79 Å². The van der Waals surface area contributed by atoms with E-state index < -0.39 is 22.0 Å². The maximum absolute atomic E-state index is 12.6. The maximum atomic E-state index is 12.6. The minimum absolute atomic E-state index is 0.138. The predicted octanol–water partition coefficient (Wildman–Crippen LogP) is 1.57. The van der Waals surface area contributed by atoms with Gasteiger partial charge < -0.3 is 4.74 Å². The molecule has 110 valence electrons. The van der Waals surface area contributed by atoms with Crippen LogP contribution in [0, 0.1) is 12.8 Å². The molecule has 2 atom stereocenters. The van der Waals surface area contributed by atoms with Crippen LogP contribution in [0.1, 0.15) is 18.9 Å². The van der Waals surface area contributed by atoms with Gasteiger partial charge in [-0.15, -0.1) is 0 Å². The summed E-state index contributed by atoms with van der Waals surface area (Å²) in [5.74, 6) is -0.357. The van der Waals surface area contributed by atoms with Crippen LogP contribution in [-0.4, -0.2) is 38.4 Å². The van der Waals surface area contributed by atoms with Crippen LogP contribution in [0.5, 0.6) is 0 Å². The summed E-state index contributed by atoms with van der Waals surface area (Å²) < 4.78 is 31.3. The average Bonchev–Trinajstić information content (AvgIpc) is 2.81. The summed E-state index contributed by atoms with van der Waals surface area (Å²) in [7, 11) is -2.38. The molecular weight excluding hydrogens is 278 g/mol. The molecular formula is C14H19NO4S. The fourth-order valence-corrected chi connectivity index (χ4v) is 4.18. The molecule has 0 amide bonds. The molecule has 5 nitrogen and oxygen atoms in total. The van der Waals surface area contributed by atoms with Crippen LogP contribution in [0.3, 0.4) is 0 Å². The maximum Gasteiger partial charge on any atom is 0.324 e. The number of esters is 1. The molecule has 1 unspecified atom stereocenters. The Hall–Kier alpha value is -1.40. The Morgan fingerprint density at radius 2 is 1.90 bits per heavy atom. The molecule has 1 aromatic rings. The molecule has 1 aromatic carbocycles. The molecule has 0 saturated carbocycles. The Morgan fingerprint density at radius 3 is 2.45 bits per heavy atom. The number of hydrogen-bond acceptors (Lipinski definition) is 4. The van der Waals surface area contributed by atoms with E-state index >= 15 is 0 Å². The van der Waals surface area contributed by atoms with Crippen molar-refractivity contribution in [2.45, 2.75) is 31.2 Å². The second-order valence-electron chi connectivity index (χ2n) is 5.27. The van der Waals surface area contributed by atoms with E-state index in [4.69, 9.17) is 4.74 Å². The number of sulfonamides is 1. The molecule has 6 heteroatoms. The van der Waals surface area contributed by atoms with Gasteiger partial charge in [0.2, 0.25) is 10.0 Å². The molecule has 1 aliphatic heterocycles. The summed E-state index contributed by atoms with van der Waals surface area (Å²) in [4.78, 5) is 12.0. The predicted molar refractivity (Wildman–Crippen MR) is 74.7 cm³/mol. The third-order valence-corrected chi connectivity index (χ3v) is 5.45. The number of ether oxygens (including phenoxy) is 1. The normalized spacial score (nSPS) is 23.8. The summed E-state index contributed by atoms with van der Waals surface area (Å²) >= 11 is 0. The molecule has 0 aliphatic carbocycles. The number of rotatable bonds is 3. The second kappa shape index (κ2) is 5.54. The molecule has 0 N–H and O–H groups in total. The van der Waals surface area contributed by atoms with Gasteiger partial charge in [0.1, 0.15) is 6.04 Å². The van der Waals surface area contributed by atoms with Crippen LogP contribution in [0.4, 0.5) is 0 Å². The molecule has 1 saturated heterocycles. The minimum Gasteiger partial charge on any atom is -0.468 e. The molecule has 1 fully saturated rings. The lowest BCUT2D eigenvalue weighted by Crippen LogP contribution is -2.41. The summed E-state index contributed by atoms with van der Waals surface area (Å²) in [6.45, 7) is 4.17. The lowest BCUT2D eigenvalue weighted by atomic mass is 10.1. The molecule has 1 heterocycles. The molecule has 0 spiro atoms. The van der Waals surface area contributed by atoms with Gasteiger partial charge in [0.15, 0.2) is 0 Å². The Labute approximate surface area is 119 Å². The standard InChI is InChI=1S/C14H19NO4S/c1-10-4-6-12(7-5-10)20(17,18)15-9-11(2)8-13(15)14(16)19-3/h4-7,11,13H,8-9H2,1-3H3/t11?,13-/m0/s1. The number of methoxy groups -OCH3 is 1. The zero-order valence-electron chi connectivity index (χ0n) is 11.9. The third-order valence-electron chi connectivity index (χ3n) is 3.57. The van der Waals surface area contributed by atoms with Gasteiger partial charge in [0.25, 0.3) is 0 Å². The van der Waals surface area contributed by atoms with Crippen molar-refractivity contribution in [3.8, 4) is 0 Å². The first-order chi connectivity index (χ1) is 9.36. The second-order valence-corrected chi connectivity index (χ2v) is 7.16. The Bertz CT molecular complexity index is 594. The molecule has 20 heavy (non-hydrogen) atoms. The van der Waals surface area contributed by atoms with Gasteiger partial charge in [0.05, 0.1) is 12.0 Å². The number of aryl methyl sites for hydroxylation is 1. The van der Waals surface area contributed by atoms with E-state index in [2.05, 4.69) is 0 Å². The highest BCUT2D eigenvalue weighted by molar-refractivity contribution is 7.89. The first-order valence-corrected chi connectivity index (χ1v) is 7.96. The largest absolute Gasteiger partial charge is 0.468 e. The number of hydrogen-bond donors (Lipinski definition) is 0. The van der Waals surface area contributed by atoms with Crippen molar-refractivity contribution in [2.75, 3.05) is 13.7 Å². The molecule has 0 radical (unpaired) electrons. The molecule has 1 aliphatic rings. The van der Waals surface area contributed by atoms with Crippen molar-refractivity contribution in [1.82, 2.24) is 4.31 Å². The van der Waals surface area contributed by atoms with Crippen LogP contribution < -0.4 is 0 Å². The summed E-state index contributed by atoms with van der Waals surface area (Å²) in [6, 6.07) is 5.92. The van der Waals surface area contributed by atoms with Crippen molar-refractivity contribution in [3.05, 3.63) is 29.8 Å². The number of carbonyl (C=O) groups excluding carboxylic acids is 1. The number of nitrogens with zero attached hydrogens (tertiary/aromatic N) is 1. The Balaban J connectivity index is 2.37. The van der Waals surface area contributed by atoms with Gasteiger partial charge in [-0.2, -0.15) is 4.31 Å². The van der Waals surface area contributed by atoms with E-state index in [1.807, 2.05) is 13.8 Å². The molecule has 0 aromatic heterocycles. The monoisotopic (exact) mass is 297 g/mol. The van der Waals surface area contributed by atoms with Crippen molar-refractivity contribution in [1.29, 1.82) is 0 Å².